The third-order valence-electron chi connectivity index (χ3n) is 7.11. The number of rotatable bonds is 8. The Kier molecular flexibility index (Phi) is 8.22. The van der Waals surface area contributed by atoms with Gasteiger partial charge in [-0.25, -0.2) is 9.78 Å². The summed E-state index contributed by atoms with van der Waals surface area (Å²) in [6.07, 6.45) is 4.07. The zero-order chi connectivity index (χ0) is 26.4. The van der Waals surface area contributed by atoms with Crippen molar-refractivity contribution >= 4 is 17.9 Å². The maximum Gasteiger partial charge on any atom is 0.407 e. The van der Waals surface area contributed by atoms with Crippen LogP contribution in [0, 0.1) is 5.92 Å². The van der Waals surface area contributed by atoms with Crippen LogP contribution in [0.4, 0.5) is 4.79 Å². The van der Waals surface area contributed by atoms with Crippen LogP contribution in [0.3, 0.4) is 0 Å². The van der Waals surface area contributed by atoms with Gasteiger partial charge < -0.3 is 25.6 Å². The Balaban J connectivity index is 1.48. The SMILES string of the molecule is CNC(=O)c1ccc(-c2c[nH]c([C@H](Cc3ccccc3)NC(=O)[C@H]3CC[C@H](N(C)C(=O)O)CC3)n2)cc1. The van der Waals surface area contributed by atoms with E-state index in [0.717, 1.165) is 16.8 Å². The summed E-state index contributed by atoms with van der Waals surface area (Å²) in [5, 5.41) is 15.1. The zero-order valence-electron chi connectivity index (χ0n) is 21.1. The number of aromatic nitrogens is 2. The summed E-state index contributed by atoms with van der Waals surface area (Å²) in [5.41, 5.74) is 3.23. The molecule has 2 aromatic carbocycles. The molecule has 4 rings (SSSR count). The molecule has 9 nitrogen and oxygen atoms in total. The smallest absolute Gasteiger partial charge is 0.407 e. The van der Waals surface area contributed by atoms with Crippen molar-refractivity contribution in [2.24, 2.45) is 5.92 Å². The number of imidazole rings is 1. The van der Waals surface area contributed by atoms with Gasteiger partial charge in [0.2, 0.25) is 5.91 Å². The number of carbonyl (C=O) groups is 3. The van der Waals surface area contributed by atoms with E-state index in [1.165, 1.54) is 4.90 Å². The lowest BCUT2D eigenvalue weighted by atomic mass is 9.84. The molecule has 1 aliphatic rings. The van der Waals surface area contributed by atoms with Crippen molar-refractivity contribution in [2.75, 3.05) is 14.1 Å². The molecule has 3 amide bonds. The number of carbonyl (C=O) groups excluding carboxylic acids is 2. The molecule has 0 unspecified atom stereocenters. The van der Waals surface area contributed by atoms with Gasteiger partial charge in [-0.1, -0.05) is 42.5 Å². The van der Waals surface area contributed by atoms with Crippen LogP contribution in [0.15, 0.2) is 60.8 Å². The van der Waals surface area contributed by atoms with Crippen LogP contribution in [-0.4, -0.2) is 58.0 Å². The second-order valence-electron chi connectivity index (χ2n) is 9.48. The first-order valence-electron chi connectivity index (χ1n) is 12.5. The number of hydrogen-bond acceptors (Lipinski definition) is 4. The van der Waals surface area contributed by atoms with Crippen molar-refractivity contribution in [3.8, 4) is 11.3 Å². The van der Waals surface area contributed by atoms with Gasteiger partial charge in [0.1, 0.15) is 5.82 Å². The lowest BCUT2D eigenvalue weighted by molar-refractivity contribution is -0.127. The Bertz CT molecular complexity index is 1220. The highest BCUT2D eigenvalue weighted by atomic mass is 16.4. The molecule has 0 spiro atoms. The molecule has 3 aromatic rings. The van der Waals surface area contributed by atoms with Crippen LogP contribution < -0.4 is 10.6 Å². The first-order valence-corrected chi connectivity index (χ1v) is 12.5. The van der Waals surface area contributed by atoms with Crippen LogP contribution in [0.25, 0.3) is 11.3 Å². The van der Waals surface area contributed by atoms with E-state index in [4.69, 9.17) is 4.98 Å². The van der Waals surface area contributed by atoms with Gasteiger partial charge in [-0.2, -0.15) is 0 Å². The largest absolute Gasteiger partial charge is 0.465 e. The molecule has 194 valence electrons. The molecule has 1 saturated carbocycles. The van der Waals surface area contributed by atoms with Crippen molar-refractivity contribution in [3.63, 3.8) is 0 Å². The lowest BCUT2D eigenvalue weighted by Gasteiger charge is -2.33. The monoisotopic (exact) mass is 503 g/mol. The number of nitrogens with one attached hydrogen (secondary N) is 3. The number of carboxylic acid groups (broad SMARTS) is 1. The molecule has 1 fully saturated rings. The van der Waals surface area contributed by atoms with Gasteiger partial charge in [0.15, 0.2) is 0 Å². The summed E-state index contributed by atoms with van der Waals surface area (Å²) in [5.74, 6) is 0.305. The van der Waals surface area contributed by atoms with E-state index in [1.807, 2.05) is 42.5 Å². The molecule has 0 saturated heterocycles. The number of amides is 3. The molecular weight excluding hydrogens is 470 g/mol. The number of H-pyrrole nitrogens is 1. The second kappa shape index (κ2) is 11.7. The van der Waals surface area contributed by atoms with Crippen molar-refractivity contribution in [1.29, 1.82) is 0 Å². The Labute approximate surface area is 216 Å². The van der Waals surface area contributed by atoms with E-state index in [9.17, 15) is 19.5 Å². The highest BCUT2D eigenvalue weighted by Crippen LogP contribution is 2.29. The van der Waals surface area contributed by atoms with Crippen LogP contribution in [0.2, 0.25) is 0 Å². The lowest BCUT2D eigenvalue weighted by Crippen LogP contribution is -2.42. The Morgan fingerprint density at radius 3 is 2.35 bits per heavy atom. The Morgan fingerprint density at radius 2 is 1.73 bits per heavy atom. The zero-order valence-corrected chi connectivity index (χ0v) is 21.1. The van der Waals surface area contributed by atoms with E-state index >= 15 is 0 Å². The van der Waals surface area contributed by atoms with Crippen molar-refractivity contribution in [3.05, 3.63) is 77.7 Å². The number of aromatic amines is 1. The number of hydrogen-bond donors (Lipinski definition) is 4. The Morgan fingerprint density at radius 1 is 1.05 bits per heavy atom. The molecule has 37 heavy (non-hydrogen) atoms. The second-order valence-corrected chi connectivity index (χ2v) is 9.48. The minimum atomic E-state index is -0.937. The molecule has 1 heterocycles. The minimum absolute atomic E-state index is 0.0368. The fraction of sp³-hybridized carbons (Fsp3) is 0.357. The van der Waals surface area contributed by atoms with Crippen molar-refractivity contribution < 1.29 is 19.5 Å². The van der Waals surface area contributed by atoms with E-state index in [-0.39, 0.29) is 29.8 Å². The predicted octanol–water partition coefficient (Wildman–Crippen LogP) is 4.00. The summed E-state index contributed by atoms with van der Waals surface area (Å²) < 4.78 is 0. The van der Waals surface area contributed by atoms with Crippen molar-refractivity contribution in [1.82, 2.24) is 25.5 Å². The maximum atomic E-state index is 13.3. The number of nitrogens with zero attached hydrogens (tertiary/aromatic N) is 2. The predicted molar refractivity (Wildman–Crippen MR) is 140 cm³/mol. The molecule has 1 aliphatic carbocycles. The normalized spacial score (nSPS) is 18.0. The summed E-state index contributed by atoms with van der Waals surface area (Å²) in [4.78, 5) is 45.7. The van der Waals surface area contributed by atoms with E-state index < -0.39 is 6.09 Å². The maximum absolute atomic E-state index is 13.3. The van der Waals surface area contributed by atoms with Crippen molar-refractivity contribution in [2.45, 2.75) is 44.2 Å². The standard InChI is InChI=1S/C28H33N5O4/c1-29-26(34)20-10-8-19(9-11-20)24-17-30-25(31-24)23(16-18-6-4-3-5-7-18)32-27(35)21-12-14-22(15-13-21)33(2)28(36)37/h3-11,17,21-23H,12-16H2,1-2H3,(H,29,34)(H,30,31)(H,32,35)(H,36,37)/t21-,22-,23-/m0/s1. The molecule has 0 radical (unpaired) electrons. The van der Waals surface area contributed by atoms with E-state index in [0.29, 0.717) is 43.5 Å². The molecule has 1 atom stereocenters. The topological polar surface area (TPSA) is 127 Å². The van der Waals surface area contributed by atoms with Crippen LogP contribution >= 0.6 is 0 Å². The first kappa shape index (κ1) is 25.9. The summed E-state index contributed by atoms with van der Waals surface area (Å²) in [6.45, 7) is 0. The quantitative estimate of drug-likeness (QED) is 0.369. The molecule has 9 heteroatoms. The van der Waals surface area contributed by atoms with E-state index in [1.54, 1.807) is 32.4 Å². The average Bonchev–Trinajstić information content (AvgIpc) is 3.43. The third kappa shape index (κ3) is 6.35. The molecule has 0 bridgehead atoms. The van der Waals surface area contributed by atoms with Gasteiger partial charge in [0.05, 0.1) is 11.7 Å². The summed E-state index contributed by atoms with van der Waals surface area (Å²) in [6, 6.07) is 16.7. The molecule has 0 aliphatic heterocycles. The highest BCUT2D eigenvalue weighted by molar-refractivity contribution is 5.94. The van der Waals surface area contributed by atoms with Gasteiger partial charge >= 0.3 is 6.09 Å². The van der Waals surface area contributed by atoms with Gasteiger partial charge in [-0.3, -0.25) is 9.59 Å². The molecular formula is C28H33N5O4. The van der Waals surface area contributed by atoms with Gasteiger partial charge in [-0.15, -0.1) is 0 Å². The van der Waals surface area contributed by atoms with Crippen LogP contribution in [0.1, 0.15) is 53.5 Å². The van der Waals surface area contributed by atoms with Crippen LogP contribution in [-0.2, 0) is 11.2 Å². The summed E-state index contributed by atoms with van der Waals surface area (Å²) >= 11 is 0. The highest BCUT2D eigenvalue weighted by Gasteiger charge is 2.31. The molecule has 1 aromatic heterocycles. The van der Waals surface area contributed by atoms with Gasteiger partial charge in [0, 0.05) is 43.4 Å². The Hall–Kier alpha value is -4.14. The van der Waals surface area contributed by atoms with Gasteiger partial charge in [-0.05, 0) is 49.8 Å². The summed E-state index contributed by atoms with van der Waals surface area (Å²) in [7, 11) is 3.18. The van der Waals surface area contributed by atoms with Crippen LogP contribution in [0.5, 0.6) is 0 Å². The van der Waals surface area contributed by atoms with Gasteiger partial charge in [0.25, 0.3) is 5.91 Å². The fourth-order valence-electron chi connectivity index (χ4n) is 4.84. The minimum Gasteiger partial charge on any atom is -0.465 e. The fourth-order valence-corrected chi connectivity index (χ4v) is 4.84. The average molecular weight is 504 g/mol. The first-order chi connectivity index (χ1) is 17.9. The molecule has 4 N–H and O–H groups in total. The number of benzene rings is 2. The van der Waals surface area contributed by atoms with E-state index in [2.05, 4.69) is 15.6 Å². The third-order valence-corrected chi connectivity index (χ3v) is 7.11.